The predicted octanol–water partition coefficient (Wildman–Crippen LogP) is 3.46. The highest BCUT2D eigenvalue weighted by Gasteiger charge is 2.22. The van der Waals surface area contributed by atoms with Gasteiger partial charge in [-0.2, -0.15) is 5.26 Å². The molecule has 1 atom stereocenters. The normalized spacial score (nSPS) is 15.5. The van der Waals surface area contributed by atoms with Crippen molar-refractivity contribution < 1.29 is 14.4 Å². The molecule has 0 aliphatic carbocycles. The van der Waals surface area contributed by atoms with Crippen molar-refractivity contribution in [2.75, 3.05) is 6.54 Å². The summed E-state index contributed by atoms with van der Waals surface area (Å²) in [5.74, 6) is 0.216. The van der Waals surface area contributed by atoms with Crippen LogP contribution >= 0.6 is 0 Å². The van der Waals surface area contributed by atoms with Gasteiger partial charge in [-0.25, -0.2) is 0 Å². The van der Waals surface area contributed by atoms with Crippen LogP contribution in [-0.4, -0.2) is 30.4 Å². The fourth-order valence-corrected chi connectivity index (χ4v) is 2.98. The summed E-state index contributed by atoms with van der Waals surface area (Å²) in [4.78, 5) is 17.9. The first-order chi connectivity index (χ1) is 13.5. The molecule has 144 valence electrons. The van der Waals surface area contributed by atoms with E-state index in [1.54, 1.807) is 12.1 Å². The van der Waals surface area contributed by atoms with Gasteiger partial charge in [0.25, 0.3) is 5.91 Å². The summed E-state index contributed by atoms with van der Waals surface area (Å²) in [6, 6.07) is 17.0. The van der Waals surface area contributed by atoms with Crippen molar-refractivity contribution in [3.63, 3.8) is 0 Å². The first kappa shape index (κ1) is 19.4. The number of carbonyl (C=O) groups is 1. The molecule has 1 N–H and O–H groups in total. The maximum Gasteiger partial charge on any atom is 0.251 e. The minimum absolute atomic E-state index is 0.00745. The molecule has 1 aliphatic rings. The Morgan fingerprint density at radius 1 is 1.32 bits per heavy atom. The van der Waals surface area contributed by atoms with Gasteiger partial charge in [0.15, 0.2) is 0 Å². The van der Waals surface area contributed by atoms with E-state index in [1.807, 2.05) is 32.0 Å². The van der Waals surface area contributed by atoms with Gasteiger partial charge < -0.3 is 14.9 Å². The van der Waals surface area contributed by atoms with Crippen LogP contribution < -0.4 is 10.1 Å². The third kappa shape index (κ3) is 5.10. The lowest BCUT2D eigenvalue weighted by molar-refractivity contribution is 0.0859. The molecule has 1 aliphatic heterocycles. The van der Waals surface area contributed by atoms with E-state index in [4.69, 9.17) is 9.57 Å². The second kappa shape index (κ2) is 9.05. The molecule has 6 heteroatoms. The van der Waals surface area contributed by atoms with E-state index >= 15 is 0 Å². The molecule has 0 aromatic heterocycles. The van der Waals surface area contributed by atoms with Gasteiger partial charge in [-0.3, -0.25) is 4.79 Å². The molecule has 0 bridgehead atoms. The molecule has 28 heavy (non-hydrogen) atoms. The van der Waals surface area contributed by atoms with Crippen LogP contribution in [0.25, 0.3) is 0 Å². The number of hydrogen-bond acceptors (Lipinski definition) is 5. The topological polar surface area (TPSA) is 83.7 Å². The number of nitriles is 1. The highest BCUT2D eigenvalue weighted by molar-refractivity contribution is 5.98. The quantitative estimate of drug-likeness (QED) is 0.801. The number of oxime groups is 1. The van der Waals surface area contributed by atoms with Crippen LogP contribution in [0.1, 0.15) is 41.8 Å². The first-order valence-corrected chi connectivity index (χ1v) is 9.29. The van der Waals surface area contributed by atoms with Gasteiger partial charge in [0.1, 0.15) is 17.9 Å². The van der Waals surface area contributed by atoms with Gasteiger partial charge in [-0.05, 0) is 37.6 Å². The second-order valence-electron chi connectivity index (χ2n) is 6.95. The Morgan fingerprint density at radius 2 is 2.11 bits per heavy atom. The maximum absolute atomic E-state index is 12.4. The lowest BCUT2D eigenvalue weighted by Gasteiger charge is -2.12. The van der Waals surface area contributed by atoms with E-state index in [-0.39, 0.29) is 18.1 Å². The fourth-order valence-electron chi connectivity index (χ4n) is 2.98. The van der Waals surface area contributed by atoms with E-state index in [1.165, 1.54) is 11.6 Å². The van der Waals surface area contributed by atoms with Crippen molar-refractivity contribution in [2.45, 2.75) is 38.9 Å². The van der Waals surface area contributed by atoms with Crippen LogP contribution in [0.15, 0.2) is 53.7 Å². The van der Waals surface area contributed by atoms with Crippen LogP contribution in [-0.2, 0) is 11.3 Å². The SMILES string of the molecule is CC(C)Oc1ccc(C(=O)NCC2=NOC(Cc3ccccc3)C2)cc1C#N. The Hall–Kier alpha value is -3.33. The van der Waals surface area contributed by atoms with Gasteiger partial charge in [-0.15, -0.1) is 0 Å². The predicted molar refractivity (Wildman–Crippen MR) is 106 cm³/mol. The second-order valence-corrected chi connectivity index (χ2v) is 6.95. The molecule has 6 nitrogen and oxygen atoms in total. The Balaban J connectivity index is 1.52. The number of benzene rings is 2. The average Bonchev–Trinajstić information content (AvgIpc) is 3.14. The van der Waals surface area contributed by atoms with E-state index in [0.29, 0.717) is 29.8 Å². The Bertz CT molecular complexity index is 901. The highest BCUT2D eigenvalue weighted by atomic mass is 16.6. The van der Waals surface area contributed by atoms with Gasteiger partial charge in [0.2, 0.25) is 0 Å². The number of nitrogens with zero attached hydrogens (tertiary/aromatic N) is 2. The van der Waals surface area contributed by atoms with Gasteiger partial charge in [0.05, 0.1) is 23.9 Å². The van der Waals surface area contributed by atoms with Crippen molar-refractivity contribution >= 4 is 11.6 Å². The molecule has 0 saturated heterocycles. The monoisotopic (exact) mass is 377 g/mol. The molecular weight excluding hydrogens is 354 g/mol. The smallest absolute Gasteiger partial charge is 0.251 e. The molecule has 2 aromatic rings. The summed E-state index contributed by atoms with van der Waals surface area (Å²) >= 11 is 0. The summed E-state index contributed by atoms with van der Waals surface area (Å²) < 4.78 is 5.58. The van der Waals surface area contributed by atoms with E-state index < -0.39 is 0 Å². The highest BCUT2D eigenvalue weighted by Crippen LogP contribution is 2.21. The first-order valence-electron chi connectivity index (χ1n) is 9.29. The third-order valence-corrected chi connectivity index (χ3v) is 4.28. The van der Waals surface area contributed by atoms with Crippen molar-refractivity contribution in [1.29, 1.82) is 5.26 Å². The Labute approximate surface area is 164 Å². The number of carbonyl (C=O) groups excluding carboxylic acids is 1. The lowest BCUT2D eigenvalue weighted by atomic mass is 10.0. The summed E-state index contributed by atoms with van der Waals surface area (Å²) in [7, 11) is 0. The van der Waals surface area contributed by atoms with Crippen LogP contribution in [0.4, 0.5) is 0 Å². The molecule has 0 radical (unpaired) electrons. The molecular formula is C22H23N3O3. The number of ether oxygens (including phenoxy) is 1. The zero-order valence-electron chi connectivity index (χ0n) is 16.0. The number of nitrogens with one attached hydrogen (secondary N) is 1. The molecule has 0 spiro atoms. The van der Waals surface area contributed by atoms with Crippen molar-refractivity contribution in [2.24, 2.45) is 5.16 Å². The summed E-state index contributed by atoms with van der Waals surface area (Å²) in [5, 5.41) is 16.2. The van der Waals surface area contributed by atoms with Crippen molar-refractivity contribution in [3.8, 4) is 11.8 Å². The molecule has 1 unspecified atom stereocenters. The molecule has 1 heterocycles. The van der Waals surface area contributed by atoms with Crippen LogP contribution in [0.2, 0.25) is 0 Å². The van der Waals surface area contributed by atoms with Gasteiger partial charge >= 0.3 is 0 Å². The zero-order valence-corrected chi connectivity index (χ0v) is 16.0. The summed E-state index contributed by atoms with van der Waals surface area (Å²) in [6.07, 6.45) is 1.41. The summed E-state index contributed by atoms with van der Waals surface area (Å²) in [6.45, 7) is 4.09. The Morgan fingerprint density at radius 3 is 2.82 bits per heavy atom. The molecule has 0 fully saturated rings. The molecule has 0 saturated carbocycles. The fraction of sp³-hybridized carbons (Fsp3) is 0.318. The van der Waals surface area contributed by atoms with E-state index in [9.17, 15) is 10.1 Å². The molecule has 3 rings (SSSR count). The molecule has 2 aromatic carbocycles. The van der Waals surface area contributed by atoms with Crippen molar-refractivity contribution in [1.82, 2.24) is 5.32 Å². The van der Waals surface area contributed by atoms with Gasteiger partial charge in [-0.1, -0.05) is 35.5 Å². The molecule has 1 amide bonds. The Kier molecular flexibility index (Phi) is 6.28. The largest absolute Gasteiger partial charge is 0.490 e. The minimum Gasteiger partial charge on any atom is -0.490 e. The van der Waals surface area contributed by atoms with Crippen molar-refractivity contribution in [3.05, 3.63) is 65.2 Å². The van der Waals surface area contributed by atoms with E-state index in [0.717, 1.165) is 12.1 Å². The number of rotatable bonds is 7. The average molecular weight is 377 g/mol. The number of amides is 1. The van der Waals surface area contributed by atoms with E-state index in [2.05, 4.69) is 28.7 Å². The maximum atomic E-state index is 12.4. The van der Waals surface area contributed by atoms with Crippen LogP contribution in [0, 0.1) is 11.3 Å². The lowest BCUT2D eigenvalue weighted by Crippen LogP contribution is -2.29. The summed E-state index contributed by atoms with van der Waals surface area (Å²) in [5.41, 5.74) is 2.74. The van der Waals surface area contributed by atoms with Gasteiger partial charge in [0, 0.05) is 18.4 Å². The zero-order chi connectivity index (χ0) is 19.9. The van der Waals surface area contributed by atoms with Crippen LogP contribution in [0.3, 0.4) is 0 Å². The minimum atomic E-state index is -0.262. The number of hydrogen-bond donors (Lipinski definition) is 1. The van der Waals surface area contributed by atoms with Crippen LogP contribution in [0.5, 0.6) is 5.75 Å². The third-order valence-electron chi connectivity index (χ3n) is 4.28. The standard InChI is InChI=1S/C22H23N3O3/c1-15(2)27-21-9-8-17(11-18(21)13-23)22(26)24-14-19-12-20(28-25-19)10-16-6-4-3-5-7-16/h3-9,11,15,20H,10,12,14H2,1-2H3,(H,24,26).